The van der Waals surface area contributed by atoms with Crippen LogP contribution in [0.5, 0.6) is 0 Å². The van der Waals surface area contributed by atoms with Crippen molar-refractivity contribution in [1.29, 1.82) is 0 Å². The average molecular weight is 242 g/mol. The first-order valence-electron chi connectivity index (χ1n) is 5.11. The van der Waals surface area contributed by atoms with E-state index in [1.807, 2.05) is 18.2 Å². The quantitative estimate of drug-likeness (QED) is 0.773. The molecule has 0 saturated carbocycles. The maximum absolute atomic E-state index is 11.9. The maximum atomic E-state index is 11.9. The summed E-state index contributed by atoms with van der Waals surface area (Å²) in [4.78, 5) is 0. The minimum atomic E-state index is -3.51. The van der Waals surface area contributed by atoms with Gasteiger partial charge in [-0.05, 0) is 18.1 Å². The third-order valence-corrected chi connectivity index (χ3v) is 4.06. The summed E-state index contributed by atoms with van der Waals surface area (Å²) in [5.41, 5.74) is 1.77. The van der Waals surface area contributed by atoms with Crippen LogP contribution < -0.4 is 9.03 Å². The number of nitrogens with one attached hydrogen (secondary N) is 1. The van der Waals surface area contributed by atoms with Gasteiger partial charge in [0.15, 0.2) is 0 Å². The molecule has 1 aliphatic heterocycles. The van der Waals surface area contributed by atoms with Crippen molar-refractivity contribution in [3.05, 3.63) is 29.8 Å². The van der Waals surface area contributed by atoms with Crippen molar-refractivity contribution in [3.63, 3.8) is 0 Å². The Kier molecular flexibility index (Phi) is 3.13. The Balaban J connectivity index is 2.25. The van der Waals surface area contributed by atoms with Crippen LogP contribution >= 0.6 is 0 Å². The van der Waals surface area contributed by atoms with Crippen molar-refractivity contribution in [2.75, 3.05) is 24.0 Å². The van der Waals surface area contributed by atoms with Crippen molar-refractivity contribution in [2.45, 2.75) is 6.42 Å². The minimum absolute atomic E-state index is 0.0427. The average Bonchev–Trinajstić information content (AvgIpc) is 2.71. The van der Waals surface area contributed by atoms with E-state index in [1.54, 1.807) is 6.07 Å². The lowest BCUT2D eigenvalue weighted by molar-refractivity contribution is 0.301. The predicted octanol–water partition coefficient (Wildman–Crippen LogP) is -0.124. The summed E-state index contributed by atoms with van der Waals surface area (Å²) in [7, 11) is -3.51. The Hall–Kier alpha value is -1.11. The number of rotatable bonds is 4. The van der Waals surface area contributed by atoms with Crippen molar-refractivity contribution in [2.24, 2.45) is 0 Å². The second-order valence-electron chi connectivity index (χ2n) is 3.57. The molecule has 1 aromatic carbocycles. The first-order chi connectivity index (χ1) is 7.65. The standard InChI is InChI=1S/C10H14N2O3S/c13-8-6-11-16(14,15)12-7-5-9-3-1-2-4-10(9)12/h1-4,11,13H,5-8H2. The van der Waals surface area contributed by atoms with Crippen LogP contribution in [0.1, 0.15) is 5.56 Å². The maximum Gasteiger partial charge on any atom is 0.301 e. The second-order valence-corrected chi connectivity index (χ2v) is 5.25. The molecule has 1 aliphatic rings. The number of benzene rings is 1. The molecule has 5 nitrogen and oxygen atoms in total. The number of para-hydroxylation sites is 1. The van der Waals surface area contributed by atoms with Gasteiger partial charge < -0.3 is 5.11 Å². The number of aliphatic hydroxyl groups excluding tert-OH is 1. The molecule has 0 aliphatic carbocycles. The van der Waals surface area contributed by atoms with E-state index in [1.165, 1.54) is 4.31 Å². The van der Waals surface area contributed by atoms with Gasteiger partial charge in [0.1, 0.15) is 0 Å². The Morgan fingerprint density at radius 2 is 2.12 bits per heavy atom. The molecule has 0 aromatic heterocycles. The third-order valence-electron chi connectivity index (χ3n) is 2.53. The van der Waals surface area contributed by atoms with E-state index in [4.69, 9.17) is 5.11 Å². The van der Waals surface area contributed by atoms with Gasteiger partial charge in [0.2, 0.25) is 0 Å². The molecule has 0 radical (unpaired) electrons. The highest BCUT2D eigenvalue weighted by Gasteiger charge is 2.28. The minimum Gasteiger partial charge on any atom is -0.395 e. The van der Waals surface area contributed by atoms with E-state index >= 15 is 0 Å². The molecular weight excluding hydrogens is 228 g/mol. The molecule has 2 N–H and O–H groups in total. The SMILES string of the molecule is O=S(=O)(NCCO)N1CCc2ccccc21. The molecule has 0 spiro atoms. The summed E-state index contributed by atoms with van der Waals surface area (Å²) in [6.45, 7) is 0.301. The molecule has 16 heavy (non-hydrogen) atoms. The van der Waals surface area contributed by atoms with E-state index in [9.17, 15) is 8.42 Å². The van der Waals surface area contributed by atoms with Gasteiger partial charge in [0.05, 0.1) is 12.3 Å². The van der Waals surface area contributed by atoms with Crippen molar-refractivity contribution in [3.8, 4) is 0 Å². The molecule has 0 atom stereocenters. The number of hydrogen-bond donors (Lipinski definition) is 2. The van der Waals surface area contributed by atoms with E-state index in [-0.39, 0.29) is 13.2 Å². The van der Waals surface area contributed by atoms with Crippen LogP contribution in [0, 0.1) is 0 Å². The summed E-state index contributed by atoms with van der Waals surface area (Å²) in [5, 5.41) is 8.62. The number of hydrogen-bond acceptors (Lipinski definition) is 3. The van der Waals surface area contributed by atoms with E-state index in [0.29, 0.717) is 6.54 Å². The predicted molar refractivity (Wildman–Crippen MR) is 61.5 cm³/mol. The Labute approximate surface area is 94.9 Å². The monoisotopic (exact) mass is 242 g/mol. The fourth-order valence-electron chi connectivity index (χ4n) is 1.81. The van der Waals surface area contributed by atoms with Crippen LogP contribution in [0.15, 0.2) is 24.3 Å². The normalized spacial score (nSPS) is 15.2. The van der Waals surface area contributed by atoms with Gasteiger partial charge in [-0.3, -0.25) is 4.31 Å². The molecule has 0 bridgehead atoms. The van der Waals surface area contributed by atoms with Gasteiger partial charge in [-0.2, -0.15) is 13.1 Å². The Morgan fingerprint density at radius 1 is 1.38 bits per heavy atom. The molecule has 0 fully saturated rings. The number of nitrogens with zero attached hydrogens (tertiary/aromatic N) is 1. The van der Waals surface area contributed by atoms with E-state index < -0.39 is 10.2 Å². The van der Waals surface area contributed by atoms with Crippen LogP contribution in [-0.2, 0) is 16.6 Å². The molecule has 88 valence electrons. The molecule has 1 aromatic rings. The van der Waals surface area contributed by atoms with Crippen LogP contribution in [0.4, 0.5) is 5.69 Å². The molecule has 2 rings (SSSR count). The van der Waals surface area contributed by atoms with Crippen LogP contribution in [0.2, 0.25) is 0 Å². The highest BCUT2D eigenvalue weighted by Crippen LogP contribution is 2.28. The lowest BCUT2D eigenvalue weighted by Crippen LogP contribution is -2.40. The van der Waals surface area contributed by atoms with E-state index in [2.05, 4.69) is 4.72 Å². The van der Waals surface area contributed by atoms with Gasteiger partial charge in [-0.25, -0.2) is 0 Å². The molecule has 1 heterocycles. The fraction of sp³-hybridized carbons (Fsp3) is 0.400. The van der Waals surface area contributed by atoms with Gasteiger partial charge >= 0.3 is 10.2 Å². The number of aliphatic hydroxyl groups is 1. The zero-order chi connectivity index (χ0) is 11.6. The lowest BCUT2D eigenvalue weighted by atomic mass is 10.2. The zero-order valence-corrected chi connectivity index (χ0v) is 9.57. The summed E-state index contributed by atoms with van der Waals surface area (Å²) in [6, 6.07) is 7.44. The molecule has 0 unspecified atom stereocenters. The summed E-state index contributed by atoms with van der Waals surface area (Å²) >= 11 is 0. The largest absolute Gasteiger partial charge is 0.395 e. The van der Waals surface area contributed by atoms with Gasteiger partial charge in [0, 0.05) is 13.1 Å². The first kappa shape index (κ1) is 11.4. The Morgan fingerprint density at radius 3 is 2.88 bits per heavy atom. The summed E-state index contributed by atoms with van der Waals surface area (Å²) in [6.07, 6.45) is 0.732. The molecule has 6 heteroatoms. The molecular formula is C10H14N2O3S. The number of fused-ring (bicyclic) bond motifs is 1. The van der Waals surface area contributed by atoms with Crippen LogP contribution in [0.3, 0.4) is 0 Å². The highest BCUT2D eigenvalue weighted by molar-refractivity contribution is 7.90. The van der Waals surface area contributed by atoms with Crippen molar-refractivity contribution < 1.29 is 13.5 Å². The molecule has 0 amide bonds. The van der Waals surface area contributed by atoms with Crippen molar-refractivity contribution >= 4 is 15.9 Å². The summed E-state index contributed by atoms with van der Waals surface area (Å²) in [5.74, 6) is 0. The summed E-state index contributed by atoms with van der Waals surface area (Å²) < 4.78 is 27.4. The van der Waals surface area contributed by atoms with E-state index in [0.717, 1.165) is 17.7 Å². The second kappa shape index (κ2) is 4.40. The first-order valence-corrected chi connectivity index (χ1v) is 6.55. The fourth-order valence-corrected chi connectivity index (χ4v) is 3.08. The lowest BCUT2D eigenvalue weighted by Gasteiger charge is -2.19. The van der Waals surface area contributed by atoms with Crippen molar-refractivity contribution in [1.82, 2.24) is 4.72 Å². The van der Waals surface area contributed by atoms with Crippen LogP contribution in [-0.4, -0.2) is 33.2 Å². The highest BCUT2D eigenvalue weighted by atomic mass is 32.2. The van der Waals surface area contributed by atoms with Gasteiger partial charge in [-0.1, -0.05) is 18.2 Å². The third kappa shape index (κ3) is 2.04. The van der Waals surface area contributed by atoms with Gasteiger partial charge in [0.25, 0.3) is 0 Å². The van der Waals surface area contributed by atoms with Gasteiger partial charge in [-0.15, -0.1) is 0 Å². The molecule has 0 saturated heterocycles. The zero-order valence-electron chi connectivity index (χ0n) is 8.76. The van der Waals surface area contributed by atoms with Crippen LogP contribution in [0.25, 0.3) is 0 Å². The smallest absolute Gasteiger partial charge is 0.301 e. The number of anilines is 1. The Bertz CT molecular complexity index is 473. The topological polar surface area (TPSA) is 69.6 Å².